The minimum Gasteiger partial charge on any atom is -0.370 e. The van der Waals surface area contributed by atoms with Crippen molar-refractivity contribution in [2.24, 2.45) is 0 Å². The molecular formula is C17H29N3O. The molecule has 118 valence electrons. The highest BCUT2D eigenvalue weighted by Gasteiger charge is 2.11. The molecule has 0 saturated carbocycles. The van der Waals surface area contributed by atoms with E-state index in [1.807, 2.05) is 19.1 Å². The van der Waals surface area contributed by atoms with Crippen LogP contribution in [0.5, 0.6) is 0 Å². The van der Waals surface area contributed by atoms with Gasteiger partial charge in [0, 0.05) is 24.3 Å². The van der Waals surface area contributed by atoms with Gasteiger partial charge in [0.05, 0.1) is 0 Å². The summed E-state index contributed by atoms with van der Waals surface area (Å²) in [5, 5.41) is 6.19. The van der Waals surface area contributed by atoms with Crippen molar-refractivity contribution in [1.29, 1.82) is 0 Å². The predicted octanol–water partition coefficient (Wildman–Crippen LogP) is 3.95. The number of amides is 1. The Morgan fingerprint density at radius 3 is 2.57 bits per heavy atom. The number of carbonyl (C=O) groups is 1. The van der Waals surface area contributed by atoms with Gasteiger partial charge >= 0.3 is 0 Å². The average Bonchev–Trinajstić information content (AvgIpc) is 2.46. The summed E-state index contributed by atoms with van der Waals surface area (Å²) in [7, 11) is 0. The van der Waals surface area contributed by atoms with Gasteiger partial charge in [-0.25, -0.2) is 4.98 Å². The van der Waals surface area contributed by atoms with Gasteiger partial charge in [0.15, 0.2) is 0 Å². The first-order chi connectivity index (χ1) is 10.1. The molecule has 0 aliphatic heterocycles. The maximum absolute atomic E-state index is 12.2. The van der Waals surface area contributed by atoms with Crippen molar-refractivity contribution in [3.8, 4) is 0 Å². The van der Waals surface area contributed by atoms with Gasteiger partial charge in [0.2, 0.25) is 0 Å². The van der Waals surface area contributed by atoms with Gasteiger partial charge < -0.3 is 10.6 Å². The highest BCUT2D eigenvalue weighted by Crippen LogP contribution is 2.17. The lowest BCUT2D eigenvalue weighted by molar-refractivity contribution is 0.0952. The first kappa shape index (κ1) is 17.5. The molecule has 0 aliphatic carbocycles. The van der Waals surface area contributed by atoms with E-state index in [9.17, 15) is 4.79 Å². The summed E-state index contributed by atoms with van der Waals surface area (Å²) in [6.07, 6.45) is 4.66. The minimum absolute atomic E-state index is 0.00467. The number of pyridine rings is 1. The van der Waals surface area contributed by atoms with Gasteiger partial charge in [-0.1, -0.05) is 40.0 Å². The second-order valence-electron chi connectivity index (χ2n) is 5.67. The second-order valence-corrected chi connectivity index (χ2v) is 5.67. The van der Waals surface area contributed by atoms with Crippen LogP contribution in [0.1, 0.15) is 75.3 Å². The van der Waals surface area contributed by atoms with Crippen LogP contribution >= 0.6 is 0 Å². The normalized spacial score (nSPS) is 10.7. The van der Waals surface area contributed by atoms with Crippen LogP contribution in [0.3, 0.4) is 0 Å². The number of carbonyl (C=O) groups excluding carboxylic acids is 1. The van der Waals surface area contributed by atoms with Crippen molar-refractivity contribution in [2.45, 2.75) is 59.3 Å². The van der Waals surface area contributed by atoms with Crippen molar-refractivity contribution in [2.75, 3.05) is 18.4 Å². The number of unbranched alkanes of at least 4 members (excludes halogenated alkanes) is 3. The molecule has 2 N–H and O–H groups in total. The van der Waals surface area contributed by atoms with Crippen LogP contribution in [0.15, 0.2) is 12.1 Å². The SMILES string of the molecule is CCCCCCNC(=O)c1cc(NCC)nc(C(C)C)c1. The molecule has 21 heavy (non-hydrogen) atoms. The quantitative estimate of drug-likeness (QED) is 0.677. The summed E-state index contributed by atoms with van der Waals surface area (Å²) in [6.45, 7) is 9.93. The molecule has 0 saturated heterocycles. The number of anilines is 1. The number of aromatic nitrogens is 1. The van der Waals surface area contributed by atoms with Crippen LogP contribution in [0.4, 0.5) is 5.82 Å². The molecule has 0 radical (unpaired) electrons. The Morgan fingerprint density at radius 2 is 1.95 bits per heavy atom. The second kappa shape index (κ2) is 9.37. The number of rotatable bonds is 9. The Hall–Kier alpha value is -1.58. The topological polar surface area (TPSA) is 54.0 Å². The average molecular weight is 291 g/mol. The summed E-state index contributed by atoms with van der Waals surface area (Å²) in [5.74, 6) is 1.08. The zero-order valence-electron chi connectivity index (χ0n) is 13.8. The van der Waals surface area contributed by atoms with Crippen LogP contribution in [0.2, 0.25) is 0 Å². The van der Waals surface area contributed by atoms with Crippen molar-refractivity contribution in [3.63, 3.8) is 0 Å². The van der Waals surface area contributed by atoms with E-state index in [2.05, 4.69) is 36.4 Å². The van der Waals surface area contributed by atoms with Gasteiger partial charge in [-0.05, 0) is 31.4 Å². The van der Waals surface area contributed by atoms with E-state index in [0.29, 0.717) is 11.5 Å². The molecule has 4 heteroatoms. The fourth-order valence-electron chi connectivity index (χ4n) is 2.11. The van der Waals surface area contributed by atoms with E-state index in [-0.39, 0.29) is 5.91 Å². The molecule has 0 fully saturated rings. The van der Waals surface area contributed by atoms with Crippen LogP contribution in [-0.2, 0) is 0 Å². The van der Waals surface area contributed by atoms with Gasteiger partial charge in [0.25, 0.3) is 5.91 Å². The lowest BCUT2D eigenvalue weighted by Crippen LogP contribution is -2.25. The van der Waals surface area contributed by atoms with Crippen LogP contribution in [0.25, 0.3) is 0 Å². The molecule has 0 atom stereocenters. The molecule has 0 aromatic carbocycles. The smallest absolute Gasteiger partial charge is 0.251 e. The Morgan fingerprint density at radius 1 is 1.19 bits per heavy atom. The van der Waals surface area contributed by atoms with Crippen molar-refractivity contribution < 1.29 is 4.79 Å². The van der Waals surface area contributed by atoms with E-state index in [4.69, 9.17) is 0 Å². The third-order valence-electron chi connectivity index (χ3n) is 3.37. The Labute approximate surface area is 128 Å². The van der Waals surface area contributed by atoms with Gasteiger partial charge in [-0.15, -0.1) is 0 Å². The van der Waals surface area contributed by atoms with Crippen molar-refractivity contribution >= 4 is 11.7 Å². The van der Waals surface area contributed by atoms with E-state index < -0.39 is 0 Å². The van der Waals surface area contributed by atoms with Gasteiger partial charge in [-0.2, -0.15) is 0 Å². The molecular weight excluding hydrogens is 262 g/mol. The van der Waals surface area contributed by atoms with Crippen LogP contribution in [-0.4, -0.2) is 24.0 Å². The molecule has 1 aromatic rings. The molecule has 1 aromatic heterocycles. The maximum atomic E-state index is 12.2. The largest absolute Gasteiger partial charge is 0.370 e. The summed E-state index contributed by atoms with van der Waals surface area (Å²) >= 11 is 0. The third kappa shape index (κ3) is 6.15. The number of nitrogens with zero attached hydrogens (tertiary/aromatic N) is 1. The highest BCUT2D eigenvalue weighted by molar-refractivity contribution is 5.95. The Kier molecular flexibility index (Phi) is 7.80. The molecule has 0 spiro atoms. The van der Waals surface area contributed by atoms with E-state index in [1.165, 1.54) is 19.3 Å². The first-order valence-electron chi connectivity index (χ1n) is 8.12. The molecule has 1 heterocycles. The lowest BCUT2D eigenvalue weighted by atomic mass is 10.1. The lowest BCUT2D eigenvalue weighted by Gasteiger charge is -2.12. The number of nitrogens with one attached hydrogen (secondary N) is 2. The monoisotopic (exact) mass is 291 g/mol. The van der Waals surface area contributed by atoms with E-state index in [1.54, 1.807) is 0 Å². The van der Waals surface area contributed by atoms with E-state index >= 15 is 0 Å². The fraction of sp³-hybridized carbons (Fsp3) is 0.647. The van der Waals surface area contributed by atoms with Crippen molar-refractivity contribution in [3.05, 3.63) is 23.4 Å². The maximum Gasteiger partial charge on any atom is 0.251 e. The van der Waals surface area contributed by atoms with Crippen LogP contribution < -0.4 is 10.6 Å². The highest BCUT2D eigenvalue weighted by atomic mass is 16.1. The zero-order chi connectivity index (χ0) is 15.7. The predicted molar refractivity (Wildman–Crippen MR) is 89.0 cm³/mol. The number of hydrogen-bond acceptors (Lipinski definition) is 3. The van der Waals surface area contributed by atoms with Gasteiger partial charge in [-0.3, -0.25) is 4.79 Å². The molecule has 0 unspecified atom stereocenters. The molecule has 1 amide bonds. The third-order valence-corrected chi connectivity index (χ3v) is 3.37. The van der Waals surface area contributed by atoms with Crippen molar-refractivity contribution in [1.82, 2.24) is 10.3 Å². The summed E-state index contributed by atoms with van der Waals surface area (Å²) in [6, 6.07) is 3.73. The molecule has 4 nitrogen and oxygen atoms in total. The van der Waals surface area contributed by atoms with E-state index in [0.717, 1.165) is 31.0 Å². The summed E-state index contributed by atoms with van der Waals surface area (Å²) in [4.78, 5) is 16.8. The molecule has 1 rings (SSSR count). The Bertz CT molecular complexity index is 444. The summed E-state index contributed by atoms with van der Waals surface area (Å²) in [5.41, 5.74) is 1.64. The first-order valence-corrected chi connectivity index (χ1v) is 8.12. The molecule has 0 bridgehead atoms. The molecule has 0 aliphatic rings. The van der Waals surface area contributed by atoms with Crippen LogP contribution in [0, 0.1) is 0 Å². The standard InChI is InChI=1S/C17H29N3O/c1-5-7-8-9-10-19-17(21)14-11-15(13(3)4)20-16(12-14)18-6-2/h11-13H,5-10H2,1-4H3,(H,18,20)(H,19,21). The number of hydrogen-bond donors (Lipinski definition) is 2. The minimum atomic E-state index is -0.00467. The fourth-order valence-corrected chi connectivity index (χ4v) is 2.11. The van der Waals surface area contributed by atoms with Gasteiger partial charge in [0.1, 0.15) is 5.82 Å². The Balaban J connectivity index is 2.68. The zero-order valence-corrected chi connectivity index (χ0v) is 13.8. The summed E-state index contributed by atoms with van der Waals surface area (Å²) < 4.78 is 0.